The van der Waals surface area contributed by atoms with E-state index in [9.17, 15) is 13.2 Å². The second kappa shape index (κ2) is 10.2. The number of hydrogen-bond acceptors (Lipinski definition) is 3. The molecule has 0 heterocycles. The first-order chi connectivity index (χ1) is 13.9. The monoisotopic (exact) mass is 434 g/mol. The molecule has 0 radical (unpaired) electrons. The maximum Gasteiger partial charge on any atom is 0.243 e. The zero-order valence-corrected chi connectivity index (χ0v) is 18.0. The number of carbonyl (C=O) groups is 1. The van der Waals surface area contributed by atoms with E-state index in [1.54, 1.807) is 54.6 Å². The van der Waals surface area contributed by atoms with E-state index in [0.717, 1.165) is 31.2 Å². The lowest BCUT2D eigenvalue weighted by Crippen LogP contribution is -2.43. The number of carbonyl (C=O) groups excluding carboxylic acids is 1. The summed E-state index contributed by atoms with van der Waals surface area (Å²) < 4.78 is 27.6. The fraction of sp³-hybridized carbons (Fsp3) is 0.409. The van der Waals surface area contributed by atoms with Crippen LogP contribution in [0.2, 0.25) is 5.02 Å². The van der Waals surface area contributed by atoms with Gasteiger partial charge in [0.2, 0.25) is 15.9 Å². The van der Waals surface area contributed by atoms with Gasteiger partial charge in [-0.25, -0.2) is 8.42 Å². The van der Waals surface area contributed by atoms with Gasteiger partial charge in [-0.2, -0.15) is 4.31 Å². The molecular formula is C22H27ClN2O3S. The van der Waals surface area contributed by atoms with Crippen LogP contribution >= 0.6 is 11.6 Å². The third-order valence-electron chi connectivity index (χ3n) is 5.19. The Bertz CT molecular complexity index is 893. The van der Waals surface area contributed by atoms with E-state index in [0.29, 0.717) is 5.02 Å². The van der Waals surface area contributed by atoms with Crippen LogP contribution in [0, 0.1) is 0 Å². The van der Waals surface area contributed by atoms with E-state index in [2.05, 4.69) is 5.32 Å². The molecule has 156 valence electrons. The molecule has 0 aliphatic heterocycles. The third kappa shape index (κ3) is 6.29. The summed E-state index contributed by atoms with van der Waals surface area (Å²) in [4.78, 5) is 12.9. The number of sulfonamides is 1. The normalized spacial score (nSPS) is 15.8. The lowest BCUT2D eigenvalue weighted by Gasteiger charge is -2.24. The predicted molar refractivity (Wildman–Crippen MR) is 115 cm³/mol. The van der Waals surface area contributed by atoms with Crippen molar-refractivity contribution in [3.63, 3.8) is 0 Å². The summed E-state index contributed by atoms with van der Waals surface area (Å²) in [6.07, 6.45) is 6.49. The third-order valence-corrected chi connectivity index (χ3v) is 7.25. The molecule has 7 heteroatoms. The van der Waals surface area contributed by atoms with Gasteiger partial charge in [-0.15, -0.1) is 0 Å². The van der Waals surface area contributed by atoms with Gasteiger partial charge < -0.3 is 5.32 Å². The van der Waals surface area contributed by atoms with Crippen LogP contribution in [-0.4, -0.2) is 31.2 Å². The van der Waals surface area contributed by atoms with Crippen molar-refractivity contribution in [1.82, 2.24) is 9.62 Å². The van der Waals surface area contributed by atoms with Gasteiger partial charge in [0.05, 0.1) is 11.4 Å². The molecular weight excluding hydrogens is 408 g/mol. The summed E-state index contributed by atoms with van der Waals surface area (Å²) >= 11 is 5.94. The SMILES string of the molecule is O=C(CN(Cc1ccc(Cl)cc1)S(=O)(=O)c1ccccc1)NC1CCCCCC1. The lowest BCUT2D eigenvalue weighted by molar-refractivity contribution is -0.122. The van der Waals surface area contributed by atoms with Crippen LogP contribution in [0.5, 0.6) is 0 Å². The number of nitrogens with zero attached hydrogens (tertiary/aromatic N) is 1. The fourth-order valence-corrected chi connectivity index (χ4v) is 5.15. The Balaban J connectivity index is 1.78. The maximum absolute atomic E-state index is 13.2. The molecule has 1 fully saturated rings. The van der Waals surface area contributed by atoms with Crippen molar-refractivity contribution in [3.05, 3.63) is 65.2 Å². The Labute approximate surface area is 178 Å². The Hall–Kier alpha value is -1.89. The molecule has 1 saturated carbocycles. The molecule has 0 atom stereocenters. The smallest absolute Gasteiger partial charge is 0.243 e. The zero-order chi connectivity index (χ0) is 20.7. The number of halogens is 1. The van der Waals surface area contributed by atoms with Crippen molar-refractivity contribution in [2.24, 2.45) is 0 Å². The molecule has 1 amide bonds. The Morgan fingerprint density at radius 2 is 1.59 bits per heavy atom. The van der Waals surface area contributed by atoms with E-state index < -0.39 is 10.0 Å². The maximum atomic E-state index is 13.2. The van der Waals surface area contributed by atoms with E-state index in [-0.39, 0.29) is 29.9 Å². The first kappa shape index (κ1) is 21.8. The minimum Gasteiger partial charge on any atom is -0.352 e. The first-order valence-electron chi connectivity index (χ1n) is 10.0. The molecule has 29 heavy (non-hydrogen) atoms. The van der Waals surface area contributed by atoms with Crippen molar-refractivity contribution < 1.29 is 13.2 Å². The molecule has 2 aromatic rings. The largest absolute Gasteiger partial charge is 0.352 e. The molecule has 1 aliphatic rings. The molecule has 0 unspecified atom stereocenters. The number of nitrogens with one attached hydrogen (secondary N) is 1. The topological polar surface area (TPSA) is 66.5 Å². The summed E-state index contributed by atoms with van der Waals surface area (Å²) in [5.41, 5.74) is 0.774. The van der Waals surface area contributed by atoms with Crippen molar-refractivity contribution in [2.45, 2.75) is 56.0 Å². The highest BCUT2D eigenvalue weighted by atomic mass is 35.5. The molecule has 2 aromatic carbocycles. The van der Waals surface area contributed by atoms with E-state index >= 15 is 0 Å². The van der Waals surface area contributed by atoms with Crippen LogP contribution in [0.1, 0.15) is 44.1 Å². The van der Waals surface area contributed by atoms with Gasteiger partial charge in [0.25, 0.3) is 0 Å². The molecule has 5 nitrogen and oxygen atoms in total. The predicted octanol–water partition coefficient (Wildman–Crippen LogP) is 4.37. The second-order valence-electron chi connectivity index (χ2n) is 7.47. The Morgan fingerprint density at radius 1 is 0.966 bits per heavy atom. The van der Waals surface area contributed by atoms with Crippen LogP contribution in [0.15, 0.2) is 59.5 Å². The number of amides is 1. The molecule has 1 N–H and O–H groups in total. The van der Waals surface area contributed by atoms with Crippen molar-refractivity contribution in [2.75, 3.05) is 6.54 Å². The first-order valence-corrected chi connectivity index (χ1v) is 11.9. The highest BCUT2D eigenvalue weighted by molar-refractivity contribution is 7.89. The van der Waals surface area contributed by atoms with Crippen molar-refractivity contribution in [1.29, 1.82) is 0 Å². The van der Waals surface area contributed by atoms with Gasteiger partial charge in [-0.1, -0.05) is 67.6 Å². The van der Waals surface area contributed by atoms with E-state index in [4.69, 9.17) is 11.6 Å². The van der Waals surface area contributed by atoms with Crippen molar-refractivity contribution >= 4 is 27.5 Å². The van der Waals surface area contributed by atoms with Crippen LogP contribution in [0.25, 0.3) is 0 Å². The summed E-state index contributed by atoms with van der Waals surface area (Å²) in [6, 6.07) is 15.3. The van der Waals surface area contributed by atoms with Gasteiger partial charge >= 0.3 is 0 Å². The summed E-state index contributed by atoms with van der Waals surface area (Å²) in [5.74, 6) is -0.259. The molecule has 0 saturated heterocycles. The average Bonchev–Trinajstić information content (AvgIpc) is 2.98. The Morgan fingerprint density at radius 3 is 2.21 bits per heavy atom. The van der Waals surface area contributed by atoms with Gasteiger partial charge in [0.1, 0.15) is 0 Å². The standard InChI is InChI=1S/C22H27ClN2O3S/c23-19-14-12-18(13-15-19)16-25(29(27,28)21-10-6-3-7-11-21)17-22(26)24-20-8-4-1-2-5-9-20/h3,6-7,10-15,20H,1-2,4-5,8-9,16-17H2,(H,24,26). The second-order valence-corrected chi connectivity index (χ2v) is 9.84. The molecule has 1 aliphatic carbocycles. The van der Waals surface area contributed by atoms with E-state index in [1.165, 1.54) is 17.1 Å². The minimum atomic E-state index is -3.81. The average molecular weight is 435 g/mol. The van der Waals surface area contributed by atoms with Crippen LogP contribution in [0.3, 0.4) is 0 Å². The van der Waals surface area contributed by atoms with Crippen LogP contribution in [0.4, 0.5) is 0 Å². The molecule has 3 rings (SSSR count). The number of rotatable bonds is 7. The minimum absolute atomic E-state index is 0.104. The highest BCUT2D eigenvalue weighted by Crippen LogP contribution is 2.20. The summed E-state index contributed by atoms with van der Waals surface area (Å²) in [5, 5.41) is 3.62. The zero-order valence-electron chi connectivity index (χ0n) is 16.4. The van der Waals surface area contributed by atoms with E-state index in [1.807, 2.05) is 0 Å². The molecule has 0 bridgehead atoms. The highest BCUT2D eigenvalue weighted by Gasteiger charge is 2.27. The molecule has 0 aromatic heterocycles. The summed E-state index contributed by atoms with van der Waals surface area (Å²) in [7, 11) is -3.81. The Kier molecular flexibility index (Phi) is 7.70. The number of benzene rings is 2. The van der Waals surface area contributed by atoms with Crippen molar-refractivity contribution in [3.8, 4) is 0 Å². The molecule has 0 spiro atoms. The van der Waals surface area contributed by atoms with Gasteiger partial charge in [-0.3, -0.25) is 4.79 Å². The van der Waals surface area contributed by atoms with Gasteiger partial charge in [0.15, 0.2) is 0 Å². The lowest BCUT2D eigenvalue weighted by atomic mass is 10.1. The van der Waals surface area contributed by atoms with Gasteiger partial charge in [-0.05, 0) is 42.7 Å². The van der Waals surface area contributed by atoms with Crippen LogP contribution in [-0.2, 0) is 21.4 Å². The van der Waals surface area contributed by atoms with Gasteiger partial charge in [0, 0.05) is 17.6 Å². The summed E-state index contributed by atoms with van der Waals surface area (Å²) in [6.45, 7) is -0.108. The van der Waals surface area contributed by atoms with Crippen LogP contribution < -0.4 is 5.32 Å². The quantitative estimate of drug-likeness (QED) is 0.658. The number of hydrogen-bond donors (Lipinski definition) is 1. The fourth-order valence-electron chi connectivity index (χ4n) is 3.62.